The molecule has 1 aromatic rings. The summed E-state index contributed by atoms with van der Waals surface area (Å²) in [7, 11) is 0. The molecule has 1 aliphatic rings. The van der Waals surface area contributed by atoms with E-state index in [1.54, 1.807) is 0 Å². The Morgan fingerprint density at radius 1 is 1.47 bits per heavy atom. The van der Waals surface area contributed by atoms with Crippen LogP contribution < -0.4 is 10.6 Å². The van der Waals surface area contributed by atoms with Gasteiger partial charge in [-0.1, -0.05) is 0 Å². The molecule has 3 N–H and O–H groups in total. The number of rotatable bonds is 3. The maximum Gasteiger partial charge on any atom is 0.335 e. The minimum atomic E-state index is -1.20. The second-order valence-corrected chi connectivity index (χ2v) is 4.63. The molecule has 102 valence electrons. The van der Waals surface area contributed by atoms with Crippen LogP contribution in [-0.2, 0) is 4.79 Å². The van der Waals surface area contributed by atoms with E-state index in [2.05, 4.69) is 10.6 Å². The van der Waals surface area contributed by atoms with Gasteiger partial charge in [-0.3, -0.25) is 4.79 Å². The molecule has 1 aliphatic heterocycles. The lowest BCUT2D eigenvalue weighted by Crippen LogP contribution is -2.32. The molecule has 0 aromatic heterocycles. The highest BCUT2D eigenvalue weighted by molar-refractivity contribution is 5.94. The number of aromatic carboxylic acids is 1. The summed E-state index contributed by atoms with van der Waals surface area (Å²) in [5.74, 6) is -2.39. The number of carboxylic acids is 1. The molecule has 0 saturated carbocycles. The number of carbonyl (C=O) groups excluding carboxylic acids is 1. The maximum atomic E-state index is 13.7. The van der Waals surface area contributed by atoms with E-state index in [9.17, 15) is 14.0 Å². The van der Waals surface area contributed by atoms with Crippen LogP contribution in [0.15, 0.2) is 18.2 Å². The molecule has 1 amide bonds. The third-order valence-corrected chi connectivity index (χ3v) is 3.34. The van der Waals surface area contributed by atoms with Gasteiger partial charge in [0.1, 0.15) is 5.82 Å². The minimum Gasteiger partial charge on any atom is -0.478 e. The van der Waals surface area contributed by atoms with Crippen LogP contribution in [0.5, 0.6) is 0 Å². The van der Waals surface area contributed by atoms with Gasteiger partial charge >= 0.3 is 5.97 Å². The number of benzene rings is 1. The fraction of sp³-hybridized carbons (Fsp3) is 0.385. The first-order valence-corrected chi connectivity index (χ1v) is 6.06. The van der Waals surface area contributed by atoms with Crippen LogP contribution in [0, 0.1) is 11.7 Å². The predicted molar refractivity (Wildman–Crippen MR) is 67.6 cm³/mol. The van der Waals surface area contributed by atoms with Crippen molar-refractivity contribution in [2.45, 2.75) is 19.4 Å². The van der Waals surface area contributed by atoms with Gasteiger partial charge in [-0.2, -0.15) is 0 Å². The Morgan fingerprint density at radius 2 is 2.21 bits per heavy atom. The lowest BCUT2D eigenvalue weighted by Gasteiger charge is -2.15. The Bertz CT molecular complexity index is 519. The van der Waals surface area contributed by atoms with Gasteiger partial charge in [0.2, 0.25) is 5.91 Å². The summed E-state index contributed by atoms with van der Waals surface area (Å²) in [6, 6.07) is 3.48. The average molecular weight is 266 g/mol. The summed E-state index contributed by atoms with van der Waals surface area (Å²) in [4.78, 5) is 22.6. The van der Waals surface area contributed by atoms with Crippen molar-refractivity contribution in [2.24, 2.45) is 5.92 Å². The number of amides is 1. The molecule has 2 rings (SSSR count). The Morgan fingerprint density at radius 3 is 2.74 bits per heavy atom. The van der Waals surface area contributed by atoms with E-state index in [-0.39, 0.29) is 29.1 Å². The highest BCUT2D eigenvalue weighted by Gasteiger charge is 2.29. The second-order valence-electron chi connectivity index (χ2n) is 4.63. The number of carbonyl (C=O) groups is 2. The van der Waals surface area contributed by atoms with Gasteiger partial charge in [-0.15, -0.1) is 0 Å². The number of carboxylic acid groups (broad SMARTS) is 1. The van der Waals surface area contributed by atoms with E-state index >= 15 is 0 Å². The van der Waals surface area contributed by atoms with Gasteiger partial charge in [-0.05, 0) is 38.1 Å². The summed E-state index contributed by atoms with van der Waals surface area (Å²) >= 11 is 0. The molecule has 1 fully saturated rings. The lowest BCUT2D eigenvalue weighted by molar-refractivity contribution is -0.120. The minimum absolute atomic E-state index is 0.00843. The first kappa shape index (κ1) is 13.5. The van der Waals surface area contributed by atoms with Gasteiger partial charge in [0, 0.05) is 6.04 Å². The van der Waals surface area contributed by atoms with Gasteiger partial charge in [0.25, 0.3) is 0 Å². The largest absolute Gasteiger partial charge is 0.478 e. The highest BCUT2D eigenvalue weighted by Crippen LogP contribution is 2.20. The van der Waals surface area contributed by atoms with Crippen molar-refractivity contribution in [1.82, 2.24) is 5.32 Å². The van der Waals surface area contributed by atoms with Crippen molar-refractivity contribution in [3.05, 3.63) is 29.6 Å². The van der Waals surface area contributed by atoms with Crippen LogP contribution >= 0.6 is 0 Å². The number of nitrogens with one attached hydrogen (secondary N) is 2. The smallest absolute Gasteiger partial charge is 0.335 e. The topological polar surface area (TPSA) is 78.4 Å². The van der Waals surface area contributed by atoms with Crippen molar-refractivity contribution in [3.8, 4) is 0 Å². The molecule has 5 nitrogen and oxygen atoms in total. The lowest BCUT2D eigenvalue weighted by atomic mass is 10.0. The summed E-state index contributed by atoms with van der Waals surface area (Å²) in [5.41, 5.74) is -0.138. The molecule has 1 aromatic carbocycles. The Labute approximate surface area is 109 Å². The van der Waals surface area contributed by atoms with Crippen LogP contribution in [0.3, 0.4) is 0 Å². The molecular formula is C13H15FN2O3. The zero-order valence-corrected chi connectivity index (χ0v) is 10.4. The molecule has 1 saturated heterocycles. The molecule has 0 radical (unpaired) electrons. The monoisotopic (exact) mass is 266 g/mol. The summed E-state index contributed by atoms with van der Waals surface area (Å²) < 4.78 is 13.7. The molecule has 2 atom stereocenters. The van der Waals surface area contributed by atoms with Crippen molar-refractivity contribution >= 4 is 17.6 Å². The van der Waals surface area contributed by atoms with Crippen LogP contribution in [0.4, 0.5) is 10.1 Å². The molecule has 0 spiro atoms. The SMILES string of the molecule is CC1NCCC1C(=O)Nc1ccc(C(=O)O)cc1F. The average Bonchev–Trinajstić information content (AvgIpc) is 2.77. The first-order valence-electron chi connectivity index (χ1n) is 6.06. The zero-order valence-electron chi connectivity index (χ0n) is 10.4. The van der Waals surface area contributed by atoms with Gasteiger partial charge in [-0.25, -0.2) is 9.18 Å². The Balaban J connectivity index is 2.11. The number of halogens is 1. The van der Waals surface area contributed by atoms with E-state index in [1.807, 2.05) is 6.92 Å². The van der Waals surface area contributed by atoms with E-state index in [4.69, 9.17) is 5.11 Å². The molecule has 2 unspecified atom stereocenters. The van der Waals surface area contributed by atoms with E-state index in [0.29, 0.717) is 6.42 Å². The zero-order chi connectivity index (χ0) is 14.0. The Hall–Kier alpha value is -1.95. The van der Waals surface area contributed by atoms with Crippen LogP contribution in [-0.4, -0.2) is 29.6 Å². The summed E-state index contributed by atoms with van der Waals surface area (Å²) in [6.45, 7) is 2.67. The van der Waals surface area contributed by atoms with Crippen molar-refractivity contribution in [2.75, 3.05) is 11.9 Å². The second kappa shape index (κ2) is 5.36. The number of hydrogen-bond donors (Lipinski definition) is 3. The Kier molecular flexibility index (Phi) is 3.80. The van der Waals surface area contributed by atoms with Crippen molar-refractivity contribution in [1.29, 1.82) is 0 Å². The van der Waals surface area contributed by atoms with Gasteiger partial charge < -0.3 is 15.7 Å². The van der Waals surface area contributed by atoms with Crippen LogP contribution in [0.25, 0.3) is 0 Å². The fourth-order valence-electron chi connectivity index (χ4n) is 2.19. The summed E-state index contributed by atoms with van der Waals surface area (Å²) in [6.07, 6.45) is 0.710. The number of hydrogen-bond acceptors (Lipinski definition) is 3. The molecule has 6 heteroatoms. The summed E-state index contributed by atoms with van der Waals surface area (Å²) in [5, 5.41) is 14.4. The standard InChI is InChI=1S/C13H15FN2O3/c1-7-9(4-5-15-7)12(17)16-11-3-2-8(13(18)19)6-10(11)14/h2-3,6-7,9,15H,4-5H2,1H3,(H,16,17)(H,18,19). The molecular weight excluding hydrogens is 251 g/mol. The van der Waals surface area contributed by atoms with E-state index in [1.165, 1.54) is 12.1 Å². The quantitative estimate of drug-likeness (QED) is 0.774. The van der Waals surface area contributed by atoms with Crippen molar-refractivity contribution < 1.29 is 19.1 Å². The van der Waals surface area contributed by atoms with E-state index in [0.717, 1.165) is 12.6 Å². The molecule has 19 heavy (non-hydrogen) atoms. The maximum absolute atomic E-state index is 13.7. The van der Waals surface area contributed by atoms with Crippen LogP contribution in [0.1, 0.15) is 23.7 Å². The third-order valence-electron chi connectivity index (χ3n) is 3.34. The van der Waals surface area contributed by atoms with E-state index < -0.39 is 11.8 Å². The predicted octanol–water partition coefficient (Wildman–Crippen LogP) is 1.46. The normalized spacial score (nSPS) is 22.2. The fourth-order valence-corrected chi connectivity index (χ4v) is 2.19. The number of anilines is 1. The highest BCUT2D eigenvalue weighted by atomic mass is 19.1. The van der Waals surface area contributed by atoms with Gasteiger partial charge in [0.15, 0.2) is 0 Å². The first-order chi connectivity index (χ1) is 8.99. The van der Waals surface area contributed by atoms with Crippen molar-refractivity contribution in [3.63, 3.8) is 0 Å². The molecule has 1 heterocycles. The third kappa shape index (κ3) is 2.90. The molecule has 0 aliphatic carbocycles. The van der Waals surface area contributed by atoms with Crippen LogP contribution in [0.2, 0.25) is 0 Å². The molecule has 0 bridgehead atoms. The van der Waals surface area contributed by atoms with Gasteiger partial charge in [0.05, 0.1) is 17.2 Å².